The van der Waals surface area contributed by atoms with Crippen molar-refractivity contribution < 1.29 is 5.11 Å². The number of benzene rings is 1. The van der Waals surface area contributed by atoms with Crippen molar-refractivity contribution in [3.05, 3.63) is 34.4 Å². The quantitative estimate of drug-likeness (QED) is 0.718. The summed E-state index contributed by atoms with van der Waals surface area (Å²) in [5.41, 5.74) is 5.56. The Bertz CT molecular complexity index is 403. The van der Waals surface area contributed by atoms with Gasteiger partial charge in [-0.25, -0.2) is 0 Å². The van der Waals surface area contributed by atoms with Gasteiger partial charge in [-0.1, -0.05) is 59.1 Å². The van der Waals surface area contributed by atoms with Crippen LogP contribution < -0.4 is 0 Å². The Hall–Kier alpha value is -0.820. The van der Waals surface area contributed by atoms with Crippen LogP contribution in [0, 0.1) is 13.8 Å². The van der Waals surface area contributed by atoms with Gasteiger partial charge >= 0.3 is 0 Å². The molecule has 0 spiro atoms. The van der Waals surface area contributed by atoms with E-state index in [0.29, 0.717) is 0 Å². The minimum atomic E-state index is -0.195. The first-order chi connectivity index (χ1) is 9.25. The Kier molecular flexibility index (Phi) is 6.26. The van der Waals surface area contributed by atoms with Crippen LogP contribution in [0.25, 0.3) is 0 Å². The fraction of sp³-hybridized carbons (Fsp3) is 0.684. The molecular weight excluding hydrogens is 244 g/mol. The molecule has 1 aromatic carbocycles. The summed E-state index contributed by atoms with van der Waals surface area (Å²) in [6, 6.07) is 4.59. The lowest BCUT2D eigenvalue weighted by molar-refractivity contribution is 0.161. The predicted octanol–water partition coefficient (Wildman–Crippen LogP) is 5.08. The van der Waals surface area contributed by atoms with E-state index in [-0.39, 0.29) is 11.5 Å². The number of aliphatic hydroxyl groups excluding tert-OH is 1. The first kappa shape index (κ1) is 17.2. The highest BCUT2D eigenvalue weighted by atomic mass is 16.3. The molecule has 0 aromatic heterocycles. The fourth-order valence-electron chi connectivity index (χ4n) is 2.72. The highest BCUT2D eigenvalue weighted by Gasteiger charge is 2.17. The highest BCUT2D eigenvalue weighted by molar-refractivity contribution is 5.40. The number of unbranched alkanes of at least 4 members (excludes halogenated alkanes) is 2. The van der Waals surface area contributed by atoms with Gasteiger partial charge in [-0.3, -0.25) is 0 Å². The van der Waals surface area contributed by atoms with Crippen LogP contribution in [-0.2, 0) is 11.8 Å². The third kappa shape index (κ3) is 4.94. The van der Waals surface area contributed by atoms with Gasteiger partial charge in [-0.15, -0.1) is 0 Å². The molecule has 0 heterocycles. The molecule has 1 aromatic rings. The Morgan fingerprint density at radius 2 is 1.60 bits per heavy atom. The van der Waals surface area contributed by atoms with Gasteiger partial charge in [-0.2, -0.15) is 0 Å². The lowest BCUT2D eigenvalue weighted by Crippen LogP contribution is -2.15. The number of aliphatic hydroxyl groups is 1. The van der Waals surface area contributed by atoms with Crippen molar-refractivity contribution in [2.45, 2.75) is 85.2 Å². The van der Waals surface area contributed by atoms with Gasteiger partial charge in [0.2, 0.25) is 0 Å². The normalized spacial score (nSPS) is 13.6. The molecule has 1 rings (SSSR count). The zero-order chi connectivity index (χ0) is 15.3. The summed E-state index contributed by atoms with van der Waals surface area (Å²) in [4.78, 5) is 0. The Morgan fingerprint density at radius 3 is 2.05 bits per heavy atom. The van der Waals surface area contributed by atoms with E-state index < -0.39 is 0 Å². The van der Waals surface area contributed by atoms with Crippen LogP contribution in [0.3, 0.4) is 0 Å². The predicted molar refractivity (Wildman–Crippen MR) is 88.5 cm³/mol. The average Bonchev–Trinajstić information content (AvgIpc) is 2.32. The monoisotopic (exact) mass is 276 g/mol. The van der Waals surface area contributed by atoms with E-state index in [9.17, 15) is 5.11 Å². The molecule has 1 unspecified atom stereocenters. The second-order valence-corrected chi connectivity index (χ2v) is 7.19. The standard InChI is InChI=1S/C19H32O/c1-7-8-9-10-17(20)13-18-14(2)11-16(12-15(18)3)19(4,5)6/h11-12,17,20H,7-10,13H2,1-6H3. The van der Waals surface area contributed by atoms with E-state index in [2.05, 4.69) is 53.7 Å². The van der Waals surface area contributed by atoms with Crippen LogP contribution in [0.5, 0.6) is 0 Å². The zero-order valence-corrected chi connectivity index (χ0v) is 14.2. The van der Waals surface area contributed by atoms with E-state index in [0.717, 1.165) is 19.3 Å². The summed E-state index contributed by atoms with van der Waals surface area (Å²) in [6.45, 7) is 13.3. The van der Waals surface area contributed by atoms with Crippen molar-refractivity contribution in [2.24, 2.45) is 0 Å². The van der Waals surface area contributed by atoms with Crippen LogP contribution >= 0.6 is 0 Å². The first-order valence-electron chi connectivity index (χ1n) is 8.04. The van der Waals surface area contributed by atoms with Crippen LogP contribution in [0.4, 0.5) is 0 Å². The third-order valence-electron chi connectivity index (χ3n) is 4.14. The number of aryl methyl sites for hydroxylation is 2. The maximum atomic E-state index is 10.2. The first-order valence-corrected chi connectivity index (χ1v) is 8.04. The van der Waals surface area contributed by atoms with E-state index in [1.54, 1.807) is 0 Å². The largest absolute Gasteiger partial charge is 0.393 e. The molecule has 0 bridgehead atoms. The van der Waals surface area contributed by atoms with Crippen molar-refractivity contribution >= 4 is 0 Å². The van der Waals surface area contributed by atoms with Crippen molar-refractivity contribution in [3.63, 3.8) is 0 Å². The molecule has 114 valence electrons. The summed E-state index contributed by atoms with van der Waals surface area (Å²) in [7, 11) is 0. The number of rotatable bonds is 6. The molecule has 20 heavy (non-hydrogen) atoms. The van der Waals surface area contributed by atoms with Gasteiger partial charge < -0.3 is 5.11 Å². The molecule has 1 heteroatoms. The van der Waals surface area contributed by atoms with Crippen molar-refractivity contribution in [1.29, 1.82) is 0 Å². The van der Waals surface area contributed by atoms with Gasteiger partial charge in [-0.05, 0) is 54.4 Å². The van der Waals surface area contributed by atoms with E-state index in [1.165, 1.54) is 35.1 Å². The molecule has 0 radical (unpaired) electrons. The smallest absolute Gasteiger partial charge is 0.0580 e. The van der Waals surface area contributed by atoms with E-state index in [1.807, 2.05) is 0 Å². The molecule has 0 amide bonds. The molecule has 0 aliphatic rings. The minimum absolute atomic E-state index is 0.188. The molecule has 0 aliphatic carbocycles. The Labute approximate surface area is 125 Å². The maximum absolute atomic E-state index is 10.2. The van der Waals surface area contributed by atoms with Gasteiger partial charge in [0.1, 0.15) is 0 Å². The summed E-state index contributed by atoms with van der Waals surface area (Å²) in [5, 5.41) is 10.2. The molecule has 1 atom stereocenters. The molecule has 1 N–H and O–H groups in total. The van der Waals surface area contributed by atoms with Crippen LogP contribution in [0.2, 0.25) is 0 Å². The molecular formula is C19H32O. The SMILES string of the molecule is CCCCCC(O)Cc1c(C)cc(C(C)(C)C)cc1C. The lowest BCUT2D eigenvalue weighted by Gasteiger charge is -2.23. The van der Waals surface area contributed by atoms with Gasteiger partial charge in [0.15, 0.2) is 0 Å². The van der Waals surface area contributed by atoms with Gasteiger partial charge in [0, 0.05) is 0 Å². The Morgan fingerprint density at radius 1 is 1.05 bits per heavy atom. The summed E-state index contributed by atoms with van der Waals surface area (Å²) < 4.78 is 0. The second kappa shape index (κ2) is 7.26. The van der Waals surface area contributed by atoms with Crippen molar-refractivity contribution in [1.82, 2.24) is 0 Å². The summed E-state index contributed by atoms with van der Waals surface area (Å²) >= 11 is 0. The van der Waals surface area contributed by atoms with Crippen molar-refractivity contribution in [2.75, 3.05) is 0 Å². The second-order valence-electron chi connectivity index (χ2n) is 7.19. The zero-order valence-electron chi connectivity index (χ0n) is 14.2. The third-order valence-corrected chi connectivity index (χ3v) is 4.14. The highest BCUT2D eigenvalue weighted by Crippen LogP contribution is 2.27. The van der Waals surface area contributed by atoms with E-state index in [4.69, 9.17) is 0 Å². The van der Waals surface area contributed by atoms with Crippen LogP contribution in [-0.4, -0.2) is 11.2 Å². The summed E-state index contributed by atoms with van der Waals surface area (Å²) in [6.07, 6.45) is 5.10. The maximum Gasteiger partial charge on any atom is 0.0580 e. The minimum Gasteiger partial charge on any atom is -0.393 e. The van der Waals surface area contributed by atoms with Crippen LogP contribution in [0.1, 0.15) is 75.6 Å². The van der Waals surface area contributed by atoms with Crippen molar-refractivity contribution in [3.8, 4) is 0 Å². The van der Waals surface area contributed by atoms with E-state index >= 15 is 0 Å². The number of hydrogen-bond acceptors (Lipinski definition) is 1. The molecule has 0 fully saturated rings. The molecule has 0 saturated carbocycles. The summed E-state index contributed by atoms with van der Waals surface area (Å²) in [5.74, 6) is 0. The fourth-order valence-corrected chi connectivity index (χ4v) is 2.72. The number of hydrogen-bond donors (Lipinski definition) is 1. The molecule has 1 nitrogen and oxygen atoms in total. The molecule has 0 aliphatic heterocycles. The average molecular weight is 276 g/mol. The lowest BCUT2D eigenvalue weighted by atomic mass is 9.83. The molecule has 0 saturated heterocycles. The topological polar surface area (TPSA) is 20.2 Å². The van der Waals surface area contributed by atoms with Crippen LogP contribution in [0.15, 0.2) is 12.1 Å². The van der Waals surface area contributed by atoms with Gasteiger partial charge in [0.05, 0.1) is 6.10 Å². The van der Waals surface area contributed by atoms with Gasteiger partial charge in [0.25, 0.3) is 0 Å². The Balaban J connectivity index is 2.81.